The van der Waals surface area contributed by atoms with Gasteiger partial charge in [-0.25, -0.2) is 0 Å². The molecule has 1 aliphatic carbocycles. The molecule has 98 valence electrons. The predicted molar refractivity (Wildman–Crippen MR) is 80.0 cm³/mol. The molecule has 1 aromatic carbocycles. The number of carbonyl (C=O) groups is 1. The second-order valence-corrected chi connectivity index (χ2v) is 6.11. The highest BCUT2D eigenvalue weighted by Gasteiger charge is 2.25. The summed E-state index contributed by atoms with van der Waals surface area (Å²) in [6, 6.07) is 7.88. The minimum absolute atomic E-state index is 0.0829. The molecule has 0 saturated carbocycles. The van der Waals surface area contributed by atoms with Crippen molar-refractivity contribution in [2.24, 2.45) is 0 Å². The largest absolute Gasteiger partial charge is 0.390 e. The number of carbonyl (C=O) groups excluding carboxylic acids is 1. The van der Waals surface area contributed by atoms with E-state index in [1.165, 1.54) is 16.0 Å². The standard InChI is InChI=1S/C16H17NOS/c1-2-10-6-8-11(9-7-10)15(18)14-12-4-3-5-13(12)19-16(14)17/h6-9H,2-5,17H2,1H3. The maximum absolute atomic E-state index is 12.6. The Kier molecular flexibility index (Phi) is 3.15. The fourth-order valence-electron chi connectivity index (χ4n) is 2.71. The Labute approximate surface area is 117 Å². The fraction of sp³-hybridized carbons (Fsp3) is 0.312. The van der Waals surface area contributed by atoms with Crippen molar-refractivity contribution in [2.75, 3.05) is 5.73 Å². The van der Waals surface area contributed by atoms with Crippen molar-refractivity contribution in [2.45, 2.75) is 32.6 Å². The maximum Gasteiger partial charge on any atom is 0.196 e. The molecule has 3 rings (SSSR count). The second kappa shape index (κ2) is 4.82. The van der Waals surface area contributed by atoms with E-state index < -0.39 is 0 Å². The molecule has 0 amide bonds. The Morgan fingerprint density at radius 3 is 2.68 bits per heavy atom. The molecule has 1 heterocycles. The molecule has 2 aromatic rings. The number of benzene rings is 1. The van der Waals surface area contributed by atoms with Gasteiger partial charge in [0.15, 0.2) is 5.78 Å². The molecule has 2 N–H and O–H groups in total. The molecular formula is C16H17NOS. The number of rotatable bonds is 3. The van der Waals surface area contributed by atoms with Gasteiger partial charge in [-0.3, -0.25) is 4.79 Å². The second-order valence-electron chi connectivity index (χ2n) is 4.98. The lowest BCUT2D eigenvalue weighted by Gasteiger charge is -2.04. The zero-order chi connectivity index (χ0) is 13.4. The molecule has 1 aliphatic rings. The predicted octanol–water partition coefficient (Wildman–Crippen LogP) is 3.61. The van der Waals surface area contributed by atoms with Crippen LogP contribution in [0.5, 0.6) is 0 Å². The van der Waals surface area contributed by atoms with E-state index in [9.17, 15) is 4.79 Å². The lowest BCUT2D eigenvalue weighted by molar-refractivity contribution is 0.103. The Bertz CT molecular complexity index is 625. The maximum atomic E-state index is 12.6. The normalized spacial score (nSPS) is 13.5. The van der Waals surface area contributed by atoms with Crippen molar-refractivity contribution >= 4 is 22.1 Å². The minimum atomic E-state index is 0.0829. The number of hydrogen-bond donors (Lipinski definition) is 1. The van der Waals surface area contributed by atoms with Gasteiger partial charge in [-0.15, -0.1) is 11.3 Å². The third kappa shape index (κ3) is 2.08. The molecular weight excluding hydrogens is 254 g/mol. The van der Waals surface area contributed by atoms with Gasteiger partial charge in [0.2, 0.25) is 0 Å². The minimum Gasteiger partial charge on any atom is -0.390 e. The third-order valence-electron chi connectivity index (χ3n) is 3.80. The van der Waals surface area contributed by atoms with Crippen LogP contribution < -0.4 is 5.73 Å². The molecule has 0 aliphatic heterocycles. The van der Waals surface area contributed by atoms with Crippen LogP contribution >= 0.6 is 11.3 Å². The van der Waals surface area contributed by atoms with Crippen molar-refractivity contribution in [3.05, 3.63) is 51.4 Å². The number of nitrogen functional groups attached to an aromatic ring is 1. The van der Waals surface area contributed by atoms with Gasteiger partial charge in [-0.1, -0.05) is 31.2 Å². The first-order chi connectivity index (χ1) is 9.20. The van der Waals surface area contributed by atoms with Crippen LogP contribution in [-0.2, 0) is 19.3 Å². The van der Waals surface area contributed by atoms with E-state index in [1.807, 2.05) is 24.3 Å². The molecule has 0 atom stereocenters. The summed E-state index contributed by atoms with van der Waals surface area (Å²) in [5.41, 5.74) is 10.0. The fourth-order valence-corrected chi connectivity index (χ4v) is 3.87. The Hall–Kier alpha value is -1.61. The van der Waals surface area contributed by atoms with Gasteiger partial charge in [0, 0.05) is 10.4 Å². The zero-order valence-corrected chi connectivity index (χ0v) is 11.8. The van der Waals surface area contributed by atoms with E-state index in [-0.39, 0.29) is 5.78 Å². The molecule has 2 nitrogen and oxygen atoms in total. The quantitative estimate of drug-likeness (QED) is 0.867. The van der Waals surface area contributed by atoms with Crippen molar-refractivity contribution in [3.8, 4) is 0 Å². The number of fused-ring (bicyclic) bond motifs is 1. The molecule has 0 bridgehead atoms. The first-order valence-corrected chi connectivity index (χ1v) is 7.56. The lowest BCUT2D eigenvalue weighted by atomic mass is 9.99. The van der Waals surface area contributed by atoms with Crippen LogP contribution in [0.1, 0.15) is 45.3 Å². The van der Waals surface area contributed by atoms with E-state index >= 15 is 0 Å². The van der Waals surface area contributed by atoms with Gasteiger partial charge < -0.3 is 5.73 Å². The molecule has 0 spiro atoms. The summed E-state index contributed by atoms with van der Waals surface area (Å²) in [7, 11) is 0. The summed E-state index contributed by atoms with van der Waals surface area (Å²) in [4.78, 5) is 13.9. The van der Waals surface area contributed by atoms with E-state index in [1.54, 1.807) is 11.3 Å². The number of nitrogens with two attached hydrogens (primary N) is 1. The van der Waals surface area contributed by atoms with Gasteiger partial charge in [-0.2, -0.15) is 0 Å². The van der Waals surface area contributed by atoms with Crippen LogP contribution in [-0.4, -0.2) is 5.78 Å². The highest BCUT2D eigenvalue weighted by Crippen LogP contribution is 2.38. The van der Waals surface area contributed by atoms with Gasteiger partial charge >= 0.3 is 0 Å². The summed E-state index contributed by atoms with van der Waals surface area (Å²) >= 11 is 1.59. The van der Waals surface area contributed by atoms with Gasteiger partial charge in [-0.05, 0) is 36.8 Å². The summed E-state index contributed by atoms with van der Waals surface area (Å²) in [6.07, 6.45) is 4.21. The molecule has 3 heteroatoms. The Morgan fingerprint density at radius 2 is 2.00 bits per heavy atom. The van der Waals surface area contributed by atoms with Crippen molar-refractivity contribution < 1.29 is 4.79 Å². The van der Waals surface area contributed by atoms with Gasteiger partial charge in [0.1, 0.15) is 0 Å². The molecule has 19 heavy (non-hydrogen) atoms. The van der Waals surface area contributed by atoms with E-state index in [4.69, 9.17) is 5.73 Å². The zero-order valence-electron chi connectivity index (χ0n) is 11.0. The van der Waals surface area contributed by atoms with Gasteiger partial charge in [0.25, 0.3) is 0 Å². The topological polar surface area (TPSA) is 43.1 Å². The number of thiophene rings is 1. The number of hydrogen-bond acceptors (Lipinski definition) is 3. The summed E-state index contributed by atoms with van der Waals surface area (Å²) in [5.74, 6) is 0.0829. The number of ketones is 1. The van der Waals surface area contributed by atoms with Crippen molar-refractivity contribution in [1.29, 1.82) is 0 Å². The van der Waals surface area contributed by atoms with Crippen LogP contribution in [0.15, 0.2) is 24.3 Å². The average Bonchev–Trinajstić information content (AvgIpc) is 2.98. The highest BCUT2D eigenvalue weighted by molar-refractivity contribution is 7.16. The lowest BCUT2D eigenvalue weighted by Crippen LogP contribution is -2.05. The molecule has 1 aromatic heterocycles. The first kappa shape index (κ1) is 12.4. The molecule has 0 unspecified atom stereocenters. The monoisotopic (exact) mass is 271 g/mol. The van der Waals surface area contributed by atoms with Crippen LogP contribution in [0.2, 0.25) is 0 Å². The van der Waals surface area contributed by atoms with Crippen LogP contribution in [0.4, 0.5) is 5.00 Å². The van der Waals surface area contributed by atoms with Gasteiger partial charge in [0.05, 0.1) is 10.6 Å². The SMILES string of the molecule is CCc1ccc(C(=O)c2c(N)sc3c2CCC3)cc1. The average molecular weight is 271 g/mol. The highest BCUT2D eigenvalue weighted by atomic mass is 32.1. The van der Waals surface area contributed by atoms with Crippen molar-refractivity contribution in [3.63, 3.8) is 0 Å². The summed E-state index contributed by atoms with van der Waals surface area (Å²) in [5, 5.41) is 0.689. The van der Waals surface area contributed by atoms with E-state index in [0.717, 1.165) is 36.8 Å². The first-order valence-electron chi connectivity index (χ1n) is 6.74. The van der Waals surface area contributed by atoms with E-state index in [2.05, 4.69) is 6.92 Å². The molecule has 0 radical (unpaired) electrons. The summed E-state index contributed by atoms with van der Waals surface area (Å²) in [6.45, 7) is 2.11. The summed E-state index contributed by atoms with van der Waals surface area (Å²) < 4.78 is 0. The molecule has 0 fully saturated rings. The Balaban J connectivity index is 1.99. The third-order valence-corrected chi connectivity index (χ3v) is 4.92. The van der Waals surface area contributed by atoms with Crippen molar-refractivity contribution in [1.82, 2.24) is 0 Å². The Morgan fingerprint density at radius 1 is 1.26 bits per heavy atom. The smallest absolute Gasteiger partial charge is 0.196 e. The van der Waals surface area contributed by atoms with Crippen LogP contribution in [0.25, 0.3) is 0 Å². The number of anilines is 1. The molecule has 0 saturated heterocycles. The van der Waals surface area contributed by atoms with E-state index in [0.29, 0.717) is 5.00 Å². The van der Waals surface area contributed by atoms with Crippen LogP contribution in [0.3, 0.4) is 0 Å². The number of aryl methyl sites for hydroxylation is 2. The van der Waals surface area contributed by atoms with Crippen LogP contribution in [0, 0.1) is 0 Å².